The van der Waals surface area contributed by atoms with E-state index in [1.807, 2.05) is 25.1 Å². The van der Waals surface area contributed by atoms with Gasteiger partial charge in [-0.2, -0.15) is 0 Å². The first-order valence-electron chi connectivity index (χ1n) is 4.55. The highest BCUT2D eigenvalue weighted by Gasteiger charge is 2.03. The van der Waals surface area contributed by atoms with Gasteiger partial charge in [0.15, 0.2) is 0 Å². The Morgan fingerprint density at radius 2 is 2.07 bits per heavy atom. The van der Waals surface area contributed by atoms with Gasteiger partial charge in [0.05, 0.1) is 5.75 Å². The van der Waals surface area contributed by atoms with Crippen LogP contribution in [0, 0.1) is 6.92 Å². The number of nitrogen functional groups attached to an aromatic ring is 1. The topological polar surface area (TPSA) is 60.2 Å². The largest absolute Gasteiger partial charge is 0.398 e. The molecule has 0 aromatic heterocycles. The van der Waals surface area contributed by atoms with Crippen LogP contribution in [0.15, 0.2) is 23.1 Å². The minimum Gasteiger partial charge on any atom is -0.398 e. The van der Waals surface area contributed by atoms with E-state index in [1.54, 1.807) is 0 Å². The standard InChI is InChI=1S/C10H15NO2S2/c1-8-3-4-9(7-10(8)11)14-5-6-15(2,12)13/h3-4,7H,5-6,11H2,1-2H3. The average Bonchev–Trinajstić information content (AvgIpc) is 2.09. The molecule has 0 bridgehead atoms. The molecule has 1 rings (SSSR count). The molecule has 0 atom stereocenters. The molecule has 0 fully saturated rings. The number of aryl methyl sites for hydroxylation is 1. The maximum absolute atomic E-state index is 10.9. The summed E-state index contributed by atoms with van der Waals surface area (Å²) in [6.07, 6.45) is 1.25. The van der Waals surface area contributed by atoms with E-state index in [-0.39, 0.29) is 5.75 Å². The molecule has 84 valence electrons. The number of hydrogen-bond acceptors (Lipinski definition) is 4. The molecular weight excluding hydrogens is 230 g/mol. The fourth-order valence-corrected chi connectivity index (χ4v) is 3.17. The van der Waals surface area contributed by atoms with Gasteiger partial charge in [0.1, 0.15) is 9.84 Å². The van der Waals surface area contributed by atoms with Gasteiger partial charge in [0.2, 0.25) is 0 Å². The molecule has 0 unspecified atom stereocenters. The SMILES string of the molecule is Cc1ccc(SCCS(C)(=O)=O)cc1N. The zero-order valence-electron chi connectivity index (χ0n) is 8.86. The minimum absolute atomic E-state index is 0.200. The van der Waals surface area contributed by atoms with Crippen LogP contribution < -0.4 is 5.73 Å². The van der Waals surface area contributed by atoms with Gasteiger partial charge in [-0.3, -0.25) is 0 Å². The van der Waals surface area contributed by atoms with Crippen molar-refractivity contribution in [1.29, 1.82) is 0 Å². The lowest BCUT2D eigenvalue weighted by molar-refractivity contribution is 0.603. The Hall–Kier alpha value is -0.680. The minimum atomic E-state index is -2.86. The summed E-state index contributed by atoms with van der Waals surface area (Å²) >= 11 is 1.51. The summed E-state index contributed by atoms with van der Waals surface area (Å²) in [5.74, 6) is 0.771. The quantitative estimate of drug-likeness (QED) is 0.648. The summed E-state index contributed by atoms with van der Waals surface area (Å²) in [4.78, 5) is 1.02. The Balaban J connectivity index is 2.55. The van der Waals surface area contributed by atoms with Crippen molar-refractivity contribution in [2.75, 3.05) is 23.5 Å². The summed E-state index contributed by atoms with van der Waals surface area (Å²) in [6.45, 7) is 1.94. The van der Waals surface area contributed by atoms with Crippen molar-refractivity contribution in [3.05, 3.63) is 23.8 Å². The van der Waals surface area contributed by atoms with Crippen LogP contribution in [-0.2, 0) is 9.84 Å². The van der Waals surface area contributed by atoms with Gasteiger partial charge in [-0.05, 0) is 24.6 Å². The second-order valence-corrected chi connectivity index (χ2v) is 6.92. The molecule has 15 heavy (non-hydrogen) atoms. The van der Waals surface area contributed by atoms with E-state index in [1.165, 1.54) is 18.0 Å². The van der Waals surface area contributed by atoms with E-state index < -0.39 is 9.84 Å². The lowest BCUT2D eigenvalue weighted by Gasteiger charge is -2.04. The molecule has 0 radical (unpaired) electrons. The van der Waals surface area contributed by atoms with Gasteiger partial charge >= 0.3 is 0 Å². The second-order valence-electron chi connectivity index (χ2n) is 3.50. The Kier molecular flexibility index (Phi) is 4.04. The number of benzene rings is 1. The zero-order chi connectivity index (χ0) is 11.5. The number of sulfone groups is 1. The van der Waals surface area contributed by atoms with E-state index in [0.29, 0.717) is 5.75 Å². The van der Waals surface area contributed by atoms with Gasteiger partial charge in [-0.15, -0.1) is 11.8 Å². The third kappa shape index (κ3) is 4.57. The van der Waals surface area contributed by atoms with E-state index in [9.17, 15) is 8.42 Å². The summed E-state index contributed by atoms with van der Waals surface area (Å²) in [6, 6.07) is 5.78. The lowest BCUT2D eigenvalue weighted by Crippen LogP contribution is -2.04. The Morgan fingerprint density at radius 3 is 2.60 bits per heavy atom. The van der Waals surface area contributed by atoms with Crippen molar-refractivity contribution < 1.29 is 8.42 Å². The number of anilines is 1. The van der Waals surface area contributed by atoms with Crippen molar-refractivity contribution in [2.24, 2.45) is 0 Å². The third-order valence-electron chi connectivity index (χ3n) is 1.97. The molecule has 0 aliphatic heterocycles. The van der Waals surface area contributed by atoms with Crippen molar-refractivity contribution in [3.8, 4) is 0 Å². The van der Waals surface area contributed by atoms with Gasteiger partial charge in [0, 0.05) is 22.6 Å². The molecule has 0 aliphatic rings. The summed E-state index contributed by atoms with van der Waals surface area (Å²) < 4.78 is 21.8. The van der Waals surface area contributed by atoms with Crippen molar-refractivity contribution >= 4 is 27.3 Å². The van der Waals surface area contributed by atoms with E-state index in [2.05, 4.69) is 0 Å². The van der Waals surface area contributed by atoms with Gasteiger partial charge in [0.25, 0.3) is 0 Å². The van der Waals surface area contributed by atoms with Crippen LogP contribution in [0.3, 0.4) is 0 Å². The third-order valence-corrected chi connectivity index (χ3v) is 4.17. The van der Waals surface area contributed by atoms with E-state index in [4.69, 9.17) is 5.73 Å². The molecule has 3 nitrogen and oxygen atoms in total. The first-order chi connectivity index (χ1) is 6.88. The molecule has 1 aromatic rings. The smallest absolute Gasteiger partial charge is 0.148 e. The molecule has 0 aliphatic carbocycles. The number of thioether (sulfide) groups is 1. The molecule has 1 aromatic carbocycles. The van der Waals surface area contributed by atoms with Gasteiger partial charge < -0.3 is 5.73 Å². The van der Waals surface area contributed by atoms with Crippen LogP contribution >= 0.6 is 11.8 Å². The molecule has 2 N–H and O–H groups in total. The summed E-state index contributed by atoms with van der Waals surface area (Å²) in [5, 5.41) is 0. The molecule has 0 saturated heterocycles. The molecule has 0 saturated carbocycles. The van der Waals surface area contributed by atoms with Crippen LogP contribution in [0.2, 0.25) is 0 Å². The molecule has 0 heterocycles. The maximum Gasteiger partial charge on any atom is 0.148 e. The maximum atomic E-state index is 10.9. The Morgan fingerprint density at radius 1 is 1.40 bits per heavy atom. The van der Waals surface area contributed by atoms with Crippen LogP contribution in [-0.4, -0.2) is 26.2 Å². The number of rotatable bonds is 4. The first kappa shape index (κ1) is 12.4. The normalized spacial score (nSPS) is 11.6. The molecule has 0 amide bonds. The van der Waals surface area contributed by atoms with Crippen LogP contribution in [0.5, 0.6) is 0 Å². The monoisotopic (exact) mass is 245 g/mol. The highest BCUT2D eigenvalue weighted by Crippen LogP contribution is 2.22. The highest BCUT2D eigenvalue weighted by atomic mass is 32.2. The lowest BCUT2D eigenvalue weighted by atomic mass is 10.2. The van der Waals surface area contributed by atoms with Crippen LogP contribution in [0.25, 0.3) is 0 Å². The average molecular weight is 245 g/mol. The fraction of sp³-hybridized carbons (Fsp3) is 0.400. The Bertz CT molecular complexity index is 441. The number of nitrogens with two attached hydrogens (primary N) is 1. The second kappa shape index (κ2) is 4.90. The van der Waals surface area contributed by atoms with Gasteiger partial charge in [-0.1, -0.05) is 6.07 Å². The van der Waals surface area contributed by atoms with E-state index >= 15 is 0 Å². The zero-order valence-corrected chi connectivity index (χ0v) is 10.5. The first-order valence-corrected chi connectivity index (χ1v) is 7.60. The summed E-state index contributed by atoms with van der Waals surface area (Å²) in [7, 11) is -2.86. The highest BCUT2D eigenvalue weighted by molar-refractivity contribution is 8.00. The molecule has 0 spiro atoms. The van der Waals surface area contributed by atoms with Crippen molar-refractivity contribution in [1.82, 2.24) is 0 Å². The van der Waals surface area contributed by atoms with Crippen molar-refractivity contribution in [3.63, 3.8) is 0 Å². The fourth-order valence-electron chi connectivity index (χ4n) is 1.02. The number of hydrogen-bond donors (Lipinski definition) is 1. The predicted octanol–water partition coefficient (Wildman–Crippen LogP) is 1.71. The molecule has 5 heteroatoms. The Labute approximate surface area is 95.0 Å². The summed E-state index contributed by atoms with van der Waals surface area (Å²) in [5.41, 5.74) is 7.54. The van der Waals surface area contributed by atoms with Crippen LogP contribution in [0.4, 0.5) is 5.69 Å². The van der Waals surface area contributed by atoms with Gasteiger partial charge in [-0.25, -0.2) is 8.42 Å². The predicted molar refractivity (Wildman–Crippen MR) is 66.0 cm³/mol. The molecular formula is C10H15NO2S2. The van der Waals surface area contributed by atoms with E-state index in [0.717, 1.165) is 16.1 Å². The van der Waals surface area contributed by atoms with Crippen molar-refractivity contribution in [2.45, 2.75) is 11.8 Å². The van der Waals surface area contributed by atoms with Crippen LogP contribution in [0.1, 0.15) is 5.56 Å².